The fourth-order valence-electron chi connectivity index (χ4n) is 1.85. The molecule has 0 radical (unpaired) electrons. The summed E-state index contributed by atoms with van der Waals surface area (Å²) < 4.78 is 37.3. The zero-order valence-corrected chi connectivity index (χ0v) is 9.46. The Morgan fingerprint density at radius 1 is 1.41 bits per heavy atom. The van der Waals surface area contributed by atoms with Crippen molar-refractivity contribution in [2.45, 2.75) is 38.4 Å². The molecule has 1 aromatic rings. The summed E-state index contributed by atoms with van der Waals surface area (Å²) in [5.74, 6) is 0.576. The lowest BCUT2D eigenvalue weighted by Gasteiger charge is -2.31. The molecule has 1 aliphatic rings. The van der Waals surface area contributed by atoms with Crippen molar-refractivity contribution in [2.75, 3.05) is 5.32 Å². The molecule has 2 rings (SSSR count). The van der Waals surface area contributed by atoms with Gasteiger partial charge in [-0.25, -0.2) is 9.97 Å². The van der Waals surface area contributed by atoms with Gasteiger partial charge in [0, 0.05) is 12.2 Å². The molecule has 1 saturated carbocycles. The van der Waals surface area contributed by atoms with Crippen molar-refractivity contribution in [2.24, 2.45) is 5.92 Å². The van der Waals surface area contributed by atoms with Gasteiger partial charge in [-0.3, -0.25) is 0 Å². The van der Waals surface area contributed by atoms with Crippen LogP contribution in [0.3, 0.4) is 0 Å². The fourth-order valence-corrected chi connectivity index (χ4v) is 1.85. The highest BCUT2D eigenvalue weighted by Gasteiger charge is 2.33. The molecule has 6 heteroatoms. The molecule has 0 spiro atoms. The lowest BCUT2D eigenvalue weighted by atomic mass is 9.80. The average Bonchev–Trinajstić information content (AvgIpc) is 2.13. The lowest BCUT2D eigenvalue weighted by Crippen LogP contribution is -2.31. The molecular formula is C11H14F3N3. The molecule has 1 aliphatic carbocycles. The molecule has 1 atom stereocenters. The van der Waals surface area contributed by atoms with Crippen LogP contribution in [-0.2, 0) is 6.18 Å². The van der Waals surface area contributed by atoms with Crippen LogP contribution < -0.4 is 5.32 Å². The first-order valence-corrected chi connectivity index (χ1v) is 5.63. The van der Waals surface area contributed by atoms with Crippen molar-refractivity contribution in [1.82, 2.24) is 9.97 Å². The molecule has 1 aromatic heterocycles. The van der Waals surface area contributed by atoms with E-state index in [0.717, 1.165) is 25.1 Å². The quantitative estimate of drug-likeness (QED) is 0.889. The van der Waals surface area contributed by atoms with Crippen LogP contribution in [0.5, 0.6) is 0 Å². The number of hydrogen-bond acceptors (Lipinski definition) is 3. The van der Waals surface area contributed by atoms with Crippen LogP contribution in [0.15, 0.2) is 12.3 Å². The average molecular weight is 245 g/mol. The Labute approximate surface area is 97.5 Å². The molecule has 3 nitrogen and oxygen atoms in total. The van der Waals surface area contributed by atoms with Gasteiger partial charge in [-0.05, 0) is 31.7 Å². The first-order valence-electron chi connectivity index (χ1n) is 5.63. The number of anilines is 1. The van der Waals surface area contributed by atoms with E-state index in [0.29, 0.717) is 5.92 Å². The summed E-state index contributed by atoms with van der Waals surface area (Å²) in [6.45, 7) is 1.95. The Balaban J connectivity index is 2.05. The van der Waals surface area contributed by atoms with Crippen LogP contribution in [0, 0.1) is 5.92 Å². The van der Waals surface area contributed by atoms with Gasteiger partial charge in [0.15, 0.2) is 0 Å². The molecule has 1 N–H and O–H groups in total. The van der Waals surface area contributed by atoms with Crippen molar-refractivity contribution in [3.05, 3.63) is 18.0 Å². The number of alkyl halides is 3. The molecule has 17 heavy (non-hydrogen) atoms. The van der Waals surface area contributed by atoms with E-state index in [1.807, 2.05) is 6.92 Å². The van der Waals surface area contributed by atoms with E-state index in [4.69, 9.17) is 0 Å². The first-order chi connectivity index (χ1) is 7.97. The topological polar surface area (TPSA) is 37.8 Å². The van der Waals surface area contributed by atoms with Gasteiger partial charge in [0.1, 0.15) is 5.69 Å². The van der Waals surface area contributed by atoms with E-state index < -0.39 is 11.9 Å². The van der Waals surface area contributed by atoms with E-state index in [1.54, 1.807) is 0 Å². The third-order valence-corrected chi connectivity index (χ3v) is 3.16. The minimum absolute atomic E-state index is 0.0548. The minimum atomic E-state index is -4.42. The Bertz CT molecular complexity index is 388. The monoisotopic (exact) mass is 245 g/mol. The van der Waals surface area contributed by atoms with Crippen LogP contribution in [0.1, 0.15) is 31.9 Å². The molecule has 1 unspecified atom stereocenters. The first kappa shape index (κ1) is 12.1. The second-order valence-corrected chi connectivity index (χ2v) is 4.39. The second kappa shape index (κ2) is 4.50. The number of hydrogen-bond donors (Lipinski definition) is 1. The highest BCUT2D eigenvalue weighted by Crippen LogP contribution is 2.31. The van der Waals surface area contributed by atoms with Gasteiger partial charge < -0.3 is 5.32 Å². The number of halogens is 3. The number of rotatable bonds is 3. The molecule has 0 amide bonds. The Kier molecular flexibility index (Phi) is 3.22. The zero-order valence-electron chi connectivity index (χ0n) is 9.46. The van der Waals surface area contributed by atoms with Gasteiger partial charge in [0.05, 0.1) is 0 Å². The van der Waals surface area contributed by atoms with Crippen LogP contribution in [-0.4, -0.2) is 16.0 Å². The van der Waals surface area contributed by atoms with E-state index in [2.05, 4.69) is 15.3 Å². The Morgan fingerprint density at radius 2 is 2.12 bits per heavy atom. The predicted octanol–water partition coefficient (Wildman–Crippen LogP) is 3.10. The number of nitrogens with one attached hydrogen (secondary N) is 1. The number of aromatic nitrogens is 2. The van der Waals surface area contributed by atoms with Crippen molar-refractivity contribution >= 4 is 5.95 Å². The molecule has 94 valence electrons. The summed E-state index contributed by atoms with van der Waals surface area (Å²) in [5, 5.41) is 2.93. The normalized spacial score (nSPS) is 18.6. The molecule has 0 bridgehead atoms. The molecule has 0 aliphatic heterocycles. The maximum Gasteiger partial charge on any atom is 0.433 e. The van der Waals surface area contributed by atoms with E-state index in [9.17, 15) is 13.2 Å². The zero-order chi connectivity index (χ0) is 12.5. The van der Waals surface area contributed by atoms with Gasteiger partial charge >= 0.3 is 6.18 Å². The van der Waals surface area contributed by atoms with Gasteiger partial charge in [-0.1, -0.05) is 6.42 Å². The summed E-state index contributed by atoms with van der Waals surface area (Å²) in [4.78, 5) is 7.29. The smallest absolute Gasteiger partial charge is 0.351 e. The van der Waals surface area contributed by atoms with Gasteiger partial charge in [0.25, 0.3) is 0 Å². The predicted molar refractivity (Wildman–Crippen MR) is 57.5 cm³/mol. The van der Waals surface area contributed by atoms with Crippen LogP contribution in [0.4, 0.5) is 19.1 Å². The van der Waals surface area contributed by atoms with E-state index >= 15 is 0 Å². The highest BCUT2D eigenvalue weighted by molar-refractivity contribution is 5.27. The largest absolute Gasteiger partial charge is 0.433 e. The maximum atomic E-state index is 12.4. The van der Waals surface area contributed by atoms with Gasteiger partial charge in [-0.2, -0.15) is 13.2 Å². The second-order valence-electron chi connectivity index (χ2n) is 4.39. The highest BCUT2D eigenvalue weighted by atomic mass is 19.4. The summed E-state index contributed by atoms with van der Waals surface area (Å²) in [6, 6.07) is 0.992. The van der Waals surface area contributed by atoms with Crippen molar-refractivity contribution in [3.63, 3.8) is 0 Å². The van der Waals surface area contributed by atoms with Crippen LogP contribution in [0.2, 0.25) is 0 Å². The van der Waals surface area contributed by atoms with Crippen molar-refractivity contribution in [3.8, 4) is 0 Å². The lowest BCUT2D eigenvalue weighted by molar-refractivity contribution is -0.141. The molecule has 0 saturated heterocycles. The molecule has 0 aromatic carbocycles. The Morgan fingerprint density at radius 3 is 2.65 bits per heavy atom. The Hall–Kier alpha value is -1.33. The third-order valence-electron chi connectivity index (χ3n) is 3.16. The summed E-state index contributed by atoms with van der Waals surface area (Å²) in [5.41, 5.74) is -0.907. The summed E-state index contributed by atoms with van der Waals surface area (Å²) >= 11 is 0. The summed E-state index contributed by atoms with van der Waals surface area (Å²) in [7, 11) is 0. The van der Waals surface area contributed by atoms with Crippen LogP contribution in [0.25, 0.3) is 0 Å². The van der Waals surface area contributed by atoms with Gasteiger partial charge in [-0.15, -0.1) is 0 Å². The van der Waals surface area contributed by atoms with E-state index in [-0.39, 0.29) is 12.0 Å². The van der Waals surface area contributed by atoms with E-state index in [1.165, 1.54) is 6.42 Å². The fraction of sp³-hybridized carbons (Fsp3) is 0.636. The SMILES string of the molecule is CC(Nc1nccc(C(F)(F)F)n1)C1CCC1. The molecular weight excluding hydrogens is 231 g/mol. The summed E-state index contributed by atoms with van der Waals surface area (Å²) in [6.07, 6.45) is 0.144. The standard InChI is InChI=1S/C11H14F3N3/c1-7(8-3-2-4-8)16-10-15-6-5-9(17-10)11(12,13)14/h5-8H,2-4H2,1H3,(H,15,16,17). The minimum Gasteiger partial charge on any atom is -0.351 e. The molecule has 1 heterocycles. The van der Waals surface area contributed by atoms with Crippen molar-refractivity contribution < 1.29 is 13.2 Å². The number of nitrogens with zero attached hydrogens (tertiary/aromatic N) is 2. The van der Waals surface area contributed by atoms with Crippen molar-refractivity contribution in [1.29, 1.82) is 0 Å². The van der Waals surface area contributed by atoms with Gasteiger partial charge in [0.2, 0.25) is 5.95 Å². The van der Waals surface area contributed by atoms with Crippen LogP contribution >= 0.6 is 0 Å². The third kappa shape index (κ3) is 2.87. The maximum absolute atomic E-state index is 12.4. The molecule has 1 fully saturated rings.